The van der Waals surface area contributed by atoms with Crippen LogP contribution in [0.25, 0.3) is 0 Å². The highest BCUT2D eigenvalue weighted by Gasteiger charge is 2.25. The van der Waals surface area contributed by atoms with Gasteiger partial charge in [-0.3, -0.25) is 9.59 Å². The molecule has 7 nitrogen and oxygen atoms in total. The second-order valence-electron chi connectivity index (χ2n) is 5.85. The highest BCUT2D eigenvalue weighted by molar-refractivity contribution is 7.98. The molecule has 0 unspecified atom stereocenters. The molecule has 1 aliphatic heterocycles. The molecule has 144 valence electrons. The number of nitrogens with one attached hydrogen (secondary N) is 2. The first-order chi connectivity index (χ1) is 13.0. The van der Waals surface area contributed by atoms with E-state index in [2.05, 4.69) is 15.7 Å². The van der Waals surface area contributed by atoms with Crippen molar-refractivity contribution in [1.82, 2.24) is 15.1 Å². The Bertz CT molecular complexity index is 872. The quantitative estimate of drug-likeness (QED) is 0.662. The van der Waals surface area contributed by atoms with Gasteiger partial charge in [0.1, 0.15) is 12.4 Å². The zero-order valence-corrected chi connectivity index (χ0v) is 16.9. The largest absolute Gasteiger partial charge is 0.383 e. The summed E-state index contributed by atoms with van der Waals surface area (Å²) in [5.74, 6) is 1.41. The van der Waals surface area contributed by atoms with Gasteiger partial charge in [0.25, 0.3) is 5.91 Å². The number of amides is 2. The summed E-state index contributed by atoms with van der Waals surface area (Å²) in [6.07, 6.45) is 0. The zero-order valence-electron chi connectivity index (χ0n) is 14.6. The lowest BCUT2D eigenvalue weighted by molar-refractivity contribution is -0.122. The van der Waals surface area contributed by atoms with Crippen LogP contribution in [-0.2, 0) is 27.6 Å². The third-order valence-electron chi connectivity index (χ3n) is 3.95. The van der Waals surface area contributed by atoms with Crippen LogP contribution in [0, 0.1) is 0 Å². The highest BCUT2D eigenvalue weighted by Crippen LogP contribution is 2.35. The van der Waals surface area contributed by atoms with Crippen LogP contribution >= 0.6 is 35.0 Å². The molecule has 0 aliphatic carbocycles. The average molecular weight is 429 g/mol. The van der Waals surface area contributed by atoms with E-state index in [1.54, 1.807) is 31.0 Å². The Labute approximate surface area is 170 Å². The lowest BCUT2D eigenvalue weighted by Gasteiger charge is -2.12. The van der Waals surface area contributed by atoms with Gasteiger partial charge in [0.15, 0.2) is 0 Å². The maximum Gasteiger partial charge on any atom is 0.258 e. The van der Waals surface area contributed by atoms with E-state index in [0.29, 0.717) is 29.6 Å². The van der Waals surface area contributed by atoms with Crippen LogP contribution in [0.5, 0.6) is 0 Å². The second-order valence-corrected chi connectivity index (χ2v) is 7.67. The van der Waals surface area contributed by atoms with Gasteiger partial charge < -0.3 is 15.4 Å². The van der Waals surface area contributed by atoms with Gasteiger partial charge in [-0.1, -0.05) is 23.2 Å². The molecule has 3 rings (SSSR count). The number of carbonyl (C=O) groups is 2. The molecule has 0 atom stereocenters. The summed E-state index contributed by atoms with van der Waals surface area (Å²) in [7, 11) is 1.57. The number of rotatable bonds is 7. The number of anilines is 1. The Hall–Kier alpha value is -1.74. The monoisotopic (exact) mass is 428 g/mol. The van der Waals surface area contributed by atoms with Crippen molar-refractivity contribution in [2.75, 3.05) is 25.6 Å². The molecule has 0 saturated heterocycles. The fourth-order valence-electron chi connectivity index (χ4n) is 2.65. The molecule has 0 radical (unpaired) electrons. The summed E-state index contributed by atoms with van der Waals surface area (Å²) >= 11 is 13.7. The first kappa shape index (κ1) is 20.0. The first-order valence-corrected chi connectivity index (χ1v) is 10.1. The summed E-state index contributed by atoms with van der Waals surface area (Å²) < 4.78 is 6.44. The number of benzene rings is 1. The van der Waals surface area contributed by atoms with Gasteiger partial charge in [-0.15, -0.1) is 0 Å². The van der Waals surface area contributed by atoms with Gasteiger partial charge in [0, 0.05) is 35.7 Å². The maximum atomic E-state index is 12.7. The molecule has 1 aromatic heterocycles. The predicted octanol–water partition coefficient (Wildman–Crippen LogP) is 2.95. The number of hydrogen-bond donors (Lipinski definition) is 2. The van der Waals surface area contributed by atoms with Gasteiger partial charge in [-0.05, 0) is 18.2 Å². The van der Waals surface area contributed by atoms with Crippen LogP contribution in [0.2, 0.25) is 10.0 Å². The standard InChI is InChI=1S/C17H18Cl2N4O3S/c1-26-5-4-20-15(24)7-23-16(12-8-27-9-14(12)22-23)21-17(25)11-3-2-10(18)6-13(11)19/h2-3,6H,4-5,7-9H2,1H3,(H,20,24)(H,21,25). The van der Waals surface area contributed by atoms with E-state index in [9.17, 15) is 9.59 Å². The molecule has 0 bridgehead atoms. The minimum atomic E-state index is -0.377. The molecule has 2 heterocycles. The van der Waals surface area contributed by atoms with Crippen molar-refractivity contribution in [1.29, 1.82) is 0 Å². The average Bonchev–Trinajstić information content (AvgIpc) is 3.18. The van der Waals surface area contributed by atoms with Gasteiger partial charge in [-0.2, -0.15) is 16.9 Å². The fraction of sp³-hybridized carbons (Fsp3) is 0.353. The Kier molecular flexibility index (Phi) is 6.64. The molecule has 10 heteroatoms. The number of halogens is 2. The lowest BCUT2D eigenvalue weighted by Crippen LogP contribution is -2.31. The van der Waals surface area contributed by atoms with E-state index < -0.39 is 0 Å². The second kappa shape index (κ2) is 8.97. The first-order valence-electron chi connectivity index (χ1n) is 8.18. The molecule has 1 aliphatic rings. The number of fused-ring (bicyclic) bond motifs is 1. The maximum absolute atomic E-state index is 12.7. The summed E-state index contributed by atoms with van der Waals surface area (Å²) in [4.78, 5) is 24.8. The highest BCUT2D eigenvalue weighted by atomic mass is 35.5. The number of hydrogen-bond acceptors (Lipinski definition) is 5. The van der Waals surface area contributed by atoms with Crippen molar-refractivity contribution in [3.05, 3.63) is 45.1 Å². The normalized spacial score (nSPS) is 12.7. The predicted molar refractivity (Wildman–Crippen MR) is 107 cm³/mol. The van der Waals surface area contributed by atoms with E-state index in [4.69, 9.17) is 27.9 Å². The van der Waals surface area contributed by atoms with Crippen molar-refractivity contribution < 1.29 is 14.3 Å². The van der Waals surface area contributed by atoms with Crippen LogP contribution in [0.1, 0.15) is 21.6 Å². The summed E-state index contributed by atoms with van der Waals surface area (Å²) in [5, 5.41) is 10.8. The molecule has 2 amide bonds. The number of methoxy groups -OCH3 is 1. The van der Waals surface area contributed by atoms with E-state index in [1.165, 1.54) is 10.7 Å². The molecule has 0 spiro atoms. The summed E-state index contributed by atoms with van der Waals surface area (Å²) in [6, 6.07) is 4.68. The fourth-order valence-corrected chi connectivity index (χ4v) is 4.18. The van der Waals surface area contributed by atoms with Crippen LogP contribution < -0.4 is 10.6 Å². The summed E-state index contributed by atoms with van der Waals surface area (Å²) in [5.41, 5.74) is 2.11. The van der Waals surface area contributed by atoms with Gasteiger partial charge >= 0.3 is 0 Å². The number of nitrogens with zero attached hydrogens (tertiary/aromatic N) is 2. The molecule has 27 heavy (non-hydrogen) atoms. The van der Waals surface area contributed by atoms with Gasteiger partial charge in [0.05, 0.1) is 22.9 Å². The van der Waals surface area contributed by atoms with Crippen molar-refractivity contribution in [2.45, 2.75) is 18.1 Å². The van der Waals surface area contributed by atoms with Crippen LogP contribution in [0.4, 0.5) is 5.82 Å². The number of ether oxygens (including phenoxy) is 1. The van der Waals surface area contributed by atoms with Crippen molar-refractivity contribution in [3.8, 4) is 0 Å². The van der Waals surface area contributed by atoms with E-state index in [-0.39, 0.29) is 23.4 Å². The van der Waals surface area contributed by atoms with Crippen molar-refractivity contribution in [2.24, 2.45) is 0 Å². The molecule has 2 aromatic rings. The number of carbonyl (C=O) groups excluding carboxylic acids is 2. The molecule has 2 N–H and O–H groups in total. The molecule has 1 aromatic carbocycles. The van der Waals surface area contributed by atoms with Crippen LogP contribution in [-0.4, -0.2) is 41.9 Å². The lowest BCUT2D eigenvalue weighted by atomic mass is 10.2. The Morgan fingerprint density at radius 3 is 2.89 bits per heavy atom. The van der Waals surface area contributed by atoms with E-state index in [1.807, 2.05) is 0 Å². The van der Waals surface area contributed by atoms with E-state index >= 15 is 0 Å². The smallest absolute Gasteiger partial charge is 0.258 e. The van der Waals surface area contributed by atoms with Crippen molar-refractivity contribution in [3.63, 3.8) is 0 Å². The molecular weight excluding hydrogens is 411 g/mol. The summed E-state index contributed by atoms with van der Waals surface area (Å²) in [6.45, 7) is 0.843. The zero-order chi connectivity index (χ0) is 19.4. The number of thioether (sulfide) groups is 1. The minimum Gasteiger partial charge on any atom is -0.383 e. The van der Waals surface area contributed by atoms with Gasteiger partial charge in [0.2, 0.25) is 5.91 Å². The SMILES string of the molecule is COCCNC(=O)Cn1nc2c(c1NC(=O)c1ccc(Cl)cc1Cl)CSC2. The Balaban J connectivity index is 1.79. The van der Waals surface area contributed by atoms with E-state index in [0.717, 1.165) is 22.8 Å². The van der Waals surface area contributed by atoms with Gasteiger partial charge in [-0.25, -0.2) is 4.68 Å². The number of aromatic nitrogens is 2. The van der Waals surface area contributed by atoms with Crippen LogP contribution in [0.15, 0.2) is 18.2 Å². The Morgan fingerprint density at radius 1 is 1.33 bits per heavy atom. The van der Waals surface area contributed by atoms with Crippen LogP contribution in [0.3, 0.4) is 0 Å². The molecular formula is C17H18Cl2N4O3S. The molecule has 0 fully saturated rings. The third kappa shape index (κ3) is 4.76. The Morgan fingerprint density at radius 2 is 2.15 bits per heavy atom. The topological polar surface area (TPSA) is 85.2 Å². The molecule has 0 saturated carbocycles. The third-order valence-corrected chi connectivity index (χ3v) is 5.47. The minimum absolute atomic E-state index is 0.00530. The van der Waals surface area contributed by atoms with Crippen molar-refractivity contribution >= 4 is 52.6 Å².